The summed E-state index contributed by atoms with van der Waals surface area (Å²) in [5.74, 6) is 0.661. The minimum absolute atomic E-state index is 0.115. The molecule has 0 bridgehead atoms. The van der Waals surface area contributed by atoms with Crippen LogP contribution in [0.4, 0.5) is 16.2 Å². The number of nitrogens with zero attached hydrogens (tertiary/aromatic N) is 1. The molecule has 28 heavy (non-hydrogen) atoms. The van der Waals surface area contributed by atoms with Crippen LogP contribution in [-0.2, 0) is 4.79 Å². The number of hydrogen-bond acceptors (Lipinski definition) is 3. The molecular formula is C23H28N2O3. The van der Waals surface area contributed by atoms with Crippen molar-refractivity contribution in [3.63, 3.8) is 0 Å². The second kappa shape index (κ2) is 9.40. The topological polar surface area (TPSA) is 69.6 Å². The number of piperidine rings is 1. The van der Waals surface area contributed by atoms with Crippen LogP contribution < -0.4 is 10.2 Å². The zero-order valence-electron chi connectivity index (χ0n) is 16.3. The first-order valence-electron chi connectivity index (χ1n) is 9.99. The molecule has 148 valence electrons. The molecule has 1 fully saturated rings. The molecule has 1 atom stereocenters. The van der Waals surface area contributed by atoms with E-state index in [1.165, 1.54) is 5.56 Å². The molecule has 2 aromatic carbocycles. The van der Waals surface area contributed by atoms with Gasteiger partial charge < -0.3 is 14.8 Å². The summed E-state index contributed by atoms with van der Waals surface area (Å²) in [4.78, 5) is 24.5. The number of carbonyl (C=O) groups excluding carboxylic acids is 1. The van der Waals surface area contributed by atoms with Crippen molar-refractivity contribution in [3.8, 4) is 0 Å². The van der Waals surface area contributed by atoms with Crippen LogP contribution in [0, 0.1) is 0 Å². The third kappa shape index (κ3) is 4.71. The second-order valence-electron chi connectivity index (χ2n) is 7.39. The minimum atomic E-state index is -1.07. The first-order valence-corrected chi connectivity index (χ1v) is 9.99. The Bertz CT molecular complexity index is 799. The number of carbonyl (C=O) groups is 2. The van der Waals surface area contributed by atoms with Gasteiger partial charge in [0, 0.05) is 19.5 Å². The van der Waals surface area contributed by atoms with Gasteiger partial charge in [0.1, 0.15) is 6.29 Å². The van der Waals surface area contributed by atoms with Crippen molar-refractivity contribution >= 4 is 23.8 Å². The van der Waals surface area contributed by atoms with Crippen molar-refractivity contribution in [3.05, 3.63) is 59.7 Å². The fraction of sp³-hybridized carbons (Fsp3) is 0.391. The van der Waals surface area contributed by atoms with E-state index in [-0.39, 0.29) is 5.92 Å². The van der Waals surface area contributed by atoms with Gasteiger partial charge in [0.25, 0.3) is 0 Å². The molecular weight excluding hydrogens is 352 g/mol. The maximum Gasteiger partial charge on any atom is 0.409 e. The monoisotopic (exact) mass is 380 g/mol. The smallest absolute Gasteiger partial charge is 0.409 e. The Labute approximate surface area is 166 Å². The first kappa shape index (κ1) is 19.9. The predicted octanol–water partition coefficient (Wildman–Crippen LogP) is 5.24. The van der Waals surface area contributed by atoms with Gasteiger partial charge in [-0.05, 0) is 54.4 Å². The molecule has 2 aromatic rings. The lowest BCUT2D eigenvalue weighted by atomic mass is 9.89. The highest BCUT2D eigenvalue weighted by atomic mass is 16.4. The van der Waals surface area contributed by atoms with Gasteiger partial charge in [-0.2, -0.15) is 0 Å². The van der Waals surface area contributed by atoms with E-state index in [1.807, 2.05) is 31.2 Å². The van der Waals surface area contributed by atoms with Crippen LogP contribution in [0.3, 0.4) is 0 Å². The average Bonchev–Trinajstić information content (AvgIpc) is 2.72. The number of hydrogen-bond donors (Lipinski definition) is 2. The molecule has 1 saturated heterocycles. The summed E-state index contributed by atoms with van der Waals surface area (Å²) in [6, 6.07) is 16.5. The number of amides is 1. The molecule has 1 aliphatic rings. The molecule has 1 unspecified atom stereocenters. The summed E-state index contributed by atoms with van der Waals surface area (Å²) in [6.07, 6.45) is 3.24. The van der Waals surface area contributed by atoms with Gasteiger partial charge in [-0.1, -0.05) is 43.3 Å². The summed E-state index contributed by atoms with van der Waals surface area (Å²) in [6.45, 7) is 3.82. The summed E-state index contributed by atoms with van der Waals surface area (Å²) in [5, 5.41) is 11.8. The largest absolute Gasteiger partial charge is 0.465 e. The maximum absolute atomic E-state index is 11.3. The Kier molecular flexibility index (Phi) is 6.69. The van der Waals surface area contributed by atoms with Crippen molar-refractivity contribution in [1.29, 1.82) is 0 Å². The van der Waals surface area contributed by atoms with Gasteiger partial charge in [0.2, 0.25) is 0 Å². The van der Waals surface area contributed by atoms with Crippen LogP contribution in [0.25, 0.3) is 0 Å². The molecule has 0 saturated carbocycles. The molecule has 0 aromatic heterocycles. The normalized spacial score (nSPS) is 15.8. The number of anilines is 2. The SMILES string of the molecule is CCC(CC=O)c1ccc(N2CCC(c3ccccc3)CC2)c(NC(=O)O)c1. The Morgan fingerprint density at radius 2 is 1.93 bits per heavy atom. The van der Waals surface area contributed by atoms with Crippen LogP contribution in [0.1, 0.15) is 55.6 Å². The Balaban J connectivity index is 1.79. The molecule has 1 aliphatic heterocycles. The van der Waals surface area contributed by atoms with E-state index in [2.05, 4.69) is 34.5 Å². The second-order valence-corrected chi connectivity index (χ2v) is 7.39. The first-order chi connectivity index (χ1) is 13.6. The molecule has 5 nitrogen and oxygen atoms in total. The Hall–Kier alpha value is -2.82. The molecule has 3 rings (SSSR count). The number of aldehydes is 1. The summed E-state index contributed by atoms with van der Waals surface area (Å²) in [7, 11) is 0. The Morgan fingerprint density at radius 1 is 1.21 bits per heavy atom. The van der Waals surface area contributed by atoms with Crippen LogP contribution in [-0.4, -0.2) is 30.6 Å². The van der Waals surface area contributed by atoms with Crippen LogP contribution in [0.5, 0.6) is 0 Å². The number of carboxylic acid groups (broad SMARTS) is 1. The summed E-state index contributed by atoms with van der Waals surface area (Å²) < 4.78 is 0. The molecule has 0 aliphatic carbocycles. The fourth-order valence-electron chi connectivity index (χ4n) is 4.13. The number of rotatable bonds is 7. The standard InChI is InChI=1S/C23H28N2O3/c1-2-17(12-15-26)20-8-9-22(21(16-20)24-23(27)28)25-13-10-19(11-14-25)18-6-4-3-5-7-18/h3-9,15-17,19,24H,2,10-14H2,1H3,(H,27,28). The van der Waals surface area contributed by atoms with Gasteiger partial charge in [0.05, 0.1) is 11.4 Å². The van der Waals surface area contributed by atoms with Gasteiger partial charge >= 0.3 is 6.09 Å². The van der Waals surface area contributed by atoms with E-state index in [0.717, 1.165) is 49.9 Å². The van der Waals surface area contributed by atoms with Crippen LogP contribution in [0.2, 0.25) is 0 Å². The maximum atomic E-state index is 11.3. The lowest BCUT2D eigenvalue weighted by Crippen LogP contribution is -2.33. The van der Waals surface area contributed by atoms with Crippen LogP contribution in [0.15, 0.2) is 48.5 Å². The van der Waals surface area contributed by atoms with E-state index in [9.17, 15) is 14.7 Å². The van der Waals surface area contributed by atoms with E-state index in [4.69, 9.17) is 0 Å². The molecule has 1 heterocycles. The van der Waals surface area contributed by atoms with Crippen molar-refractivity contribution in [2.45, 2.75) is 44.4 Å². The predicted molar refractivity (Wildman–Crippen MR) is 112 cm³/mol. The average molecular weight is 380 g/mol. The highest BCUT2D eigenvalue weighted by Crippen LogP contribution is 2.36. The lowest BCUT2D eigenvalue weighted by molar-refractivity contribution is -0.108. The molecule has 5 heteroatoms. The van der Waals surface area contributed by atoms with Crippen molar-refractivity contribution in [1.82, 2.24) is 0 Å². The molecule has 1 amide bonds. The summed E-state index contributed by atoms with van der Waals surface area (Å²) >= 11 is 0. The third-order valence-corrected chi connectivity index (χ3v) is 5.71. The van der Waals surface area contributed by atoms with E-state index < -0.39 is 6.09 Å². The van der Waals surface area contributed by atoms with Crippen molar-refractivity contribution in [2.24, 2.45) is 0 Å². The molecule has 2 N–H and O–H groups in total. The summed E-state index contributed by atoms with van der Waals surface area (Å²) in [5.41, 5.74) is 3.90. The van der Waals surface area contributed by atoms with Crippen molar-refractivity contribution in [2.75, 3.05) is 23.3 Å². The highest BCUT2D eigenvalue weighted by molar-refractivity contribution is 5.89. The minimum Gasteiger partial charge on any atom is -0.465 e. The highest BCUT2D eigenvalue weighted by Gasteiger charge is 2.23. The fourth-order valence-corrected chi connectivity index (χ4v) is 4.13. The van der Waals surface area contributed by atoms with Gasteiger partial charge in [-0.25, -0.2) is 4.79 Å². The zero-order chi connectivity index (χ0) is 19.9. The molecule has 0 spiro atoms. The molecule has 0 radical (unpaired) electrons. The van der Waals surface area contributed by atoms with Crippen molar-refractivity contribution < 1.29 is 14.7 Å². The van der Waals surface area contributed by atoms with Gasteiger partial charge in [-0.15, -0.1) is 0 Å². The van der Waals surface area contributed by atoms with E-state index >= 15 is 0 Å². The number of nitrogens with one attached hydrogen (secondary N) is 1. The van der Waals surface area contributed by atoms with Gasteiger partial charge in [0.15, 0.2) is 0 Å². The quantitative estimate of drug-likeness (QED) is 0.644. The van der Waals surface area contributed by atoms with Gasteiger partial charge in [-0.3, -0.25) is 5.32 Å². The van der Waals surface area contributed by atoms with Crippen LogP contribution >= 0.6 is 0 Å². The van der Waals surface area contributed by atoms with E-state index in [1.54, 1.807) is 0 Å². The zero-order valence-corrected chi connectivity index (χ0v) is 16.3. The Morgan fingerprint density at radius 3 is 2.54 bits per heavy atom. The van der Waals surface area contributed by atoms with E-state index in [0.29, 0.717) is 18.0 Å². The third-order valence-electron chi connectivity index (χ3n) is 5.71. The lowest BCUT2D eigenvalue weighted by Gasteiger charge is -2.35. The number of benzene rings is 2.